The molecule has 0 atom stereocenters. The first-order valence-electron chi connectivity index (χ1n) is 23.8. The monoisotopic (exact) mass is 951 g/mol. The molecule has 6 aromatic carbocycles. The van der Waals surface area contributed by atoms with Crippen molar-refractivity contribution < 1.29 is 0 Å². The maximum atomic E-state index is 5.59. The Bertz CT molecular complexity index is 3130. The number of hydrogen-bond acceptors (Lipinski definition) is 6. The van der Waals surface area contributed by atoms with Gasteiger partial charge in [0.15, 0.2) is 17.5 Å². The van der Waals surface area contributed by atoms with Crippen LogP contribution in [0, 0.1) is 83.1 Å². The van der Waals surface area contributed by atoms with Gasteiger partial charge in [0.2, 0.25) is 0 Å². The summed E-state index contributed by atoms with van der Waals surface area (Å²) in [7, 11) is 0. The normalized spacial score (nSPS) is 11.5. The molecule has 3 nitrogen and oxygen atoms in total. The van der Waals surface area contributed by atoms with Gasteiger partial charge in [-0.1, -0.05) is 91.0 Å². The molecule has 0 aliphatic heterocycles. The second-order valence-corrected chi connectivity index (χ2v) is 21.9. The van der Waals surface area contributed by atoms with Crippen LogP contribution in [0.15, 0.2) is 127 Å². The number of thiophene rings is 3. The predicted octanol–water partition coefficient (Wildman–Crippen LogP) is 18.8. The first-order chi connectivity index (χ1) is 33.2. The van der Waals surface area contributed by atoms with E-state index in [0.717, 1.165) is 16.7 Å². The lowest BCUT2D eigenvalue weighted by atomic mass is 9.86. The second kappa shape index (κ2) is 18.4. The molecule has 4 aromatic heterocycles. The van der Waals surface area contributed by atoms with Crippen LogP contribution in [0.4, 0.5) is 0 Å². The summed E-state index contributed by atoms with van der Waals surface area (Å²) >= 11 is 5.57. The van der Waals surface area contributed by atoms with Crippen molar-refractivity contribution in [2.45, 2.75) is 83.1 Å². The minimum atomic E-state index is 0.715. The van der Waals surface area contributed by atoms with E-state index < -0.39 is 0 Å². The van der Waals surface area contributed by atoms with Gasteiger partial charge in [-0.25, -0.2) is 15.0 Å². The van der Waals surface area contributed by atoms with Crippen molar-refractivity contribution in [1.29, 1.82) is 0 Å². The van der Waals surface area contributed by atoms with Gasteiger partial charge in [-0.2, -0.15) is 0 Å². The van der Waals surface area contributed by atoms with Gasteiger partial charge in [0.1, 0.15) is 0 Å². The van der Waals surface area contributed by atoms with Crippen LogP contribution >= 0.6 is 34.0 Å². The van der Waals surface area contributed by atoms with Crippen molar-refractivity contribution in [2.75, 3.05) is 0 Å². The van der Waals surface area contributed by atoms with Gasteiger partial charge >= 0.3 is 0 Å². The van der Waals surface area contributed by atoms with Crippen molar-refractivity contribution in [3.05, 3.63) is 194 Å². The van der Waals surface area contributed by atoms with E-state index in [1.165, 1.54) is 129 Å². The SMILES string of the molecule is Cc1c(C)c(-c2ccc(-c3ccccc3)s2)c(C)c(C)c1-c1nc(-c2c(C)c(C)c(-c3ccc(-c4ccccc4)s3)c(C)c2C)nc(-c2c(C)c(C)c(-c3ccc(-c4ccccc4)s3)c(C)c2C)n1. The van der Waals surface area contributed by atoms with E-state index in [4.69, 9.17) is 15.0 Å². The summed E-state index contributed by atoms with van der Waals surface area (Å²) in [6.07, 6.45) is 0. The molecule has 342 valence electrons. The fourth-order valence-corrected chi connectivity index (χ4v) is 14.0. The Morgan fingerprint density at radius 3 is 0.623 bits per heavy atom. The Morgan fingerprint density at radius 2 is 0.406 bits per heavy atom. The van der Waals surface area contributed by atoms with E-state index in [9.17, 15) is 0 Å². The summed E-state index contributed by atoms with van der Waals surface area (Å²) in [5.74, 6) is 2.14. The first kappa shape index (κ1) is 46.2. The number of aromatic nitrogens is 3. The smallest absolute Gasteiger partial charge is 0.164 e. The molecule has 0 N–H and O–H groups in total. The molecule has 0 saturated heterocycles. The Hall–Kier alpha value is -6.57. The predicted molar refractivity (Wildman–Crippen MR) is 299 cm³/mol. The highest BCUT2D eigenvalue weighted by Gasteiger charge is 2.27. The molecule has 4 heterocycles. The van der Waals surface area contributed by atoms with Crippen LogP contribution in [0.5, 0.6) is 0 Å². The molecular formula is C63H57N3S3. The van der Waals surface area contributed by atoms with E-state index in [1.54, 1.807) is 0 Å². The van der Waals surface area contributed by atoms with Crippen LogP contribution in [-0.2, 0) is 0 Å². The lowest BCUT2D eigenvalue weighted by molar-refractivity contribution is 1.04. The molecule has 0 spiro atoms. The lowest BCUT2D eigenvalue weighted by Gasteiger charge is -2.23. The second-order valence-electron chi connectivity index (χ2n) is 18.6. The highest BCUT2D eigenvalue weighted by Crippen LogP contribution is 2.47. The minimum Gasteiger partial charge on any atom is -0.208 e. The van der Waals surface area contributed by atoms with Gasteiger partial charge < -0.3 is 0 Å². The van der Waals surface area contributed by atoms with E-state index in [0.29, 0.717) is 17.5 Å². The number of rotatable bonds is 9. The van der Waals surface area contributed by atoms with Crippen LogP contribution in [0.1, 0.15) is 66.8 Å². The van der Waals surface area contributed by atoms with E-state index in [-0.39, 0.29) is 0 Å². The Labute approximate surface area is 420 Å². The highest BCUT2D eigenvalue weighted by atomic mass is 32.1. The number of benzene rings is 6. The van der Waals surface area contributed by atoms with E-state index >= 15 is 0 Å². The van der Waals surface area contributed by atoms with Crippen LogP contribution in [-0.4, -0.2) is 15.0 Å². The zero-order valence-electron chi connectivity index (χ0n) is 41.7. The third kappa shape index (κ3) is 8.02. The average Bonchev–Trinajstić information content (AvgIpc) is 4.17. The minimum absolute atomic E-state index is 0.715. The number of nitrogens with zero attached hydrogens (tertiary/aromatic N) is 3. The Morgan fingerprint density at radius 1 is 0.217 bits per heavy atom. The molecule has 0 unspecified atom stereocenters. The van der Waals surface area contributed by atoms with Gasteiger partial charge in [0.25, 0.3) is 0 Å². The molecule has 10 aromatic rings. The molecular weight excluding hydrogens is 895 g/mol. The zero-order valence-corrected chi connectivity index (χ0v) is 44.1. The largest absolute Gasteiger partial charge is 0.208 e. The fraction of sp³-hybridized carbons (Fsp3) is 0.190. The lowest BCUT2D eigenvalue weighted by Crippen LogP contribution is -2.09. The van der Waals surface area contributed by atoms with Gasteiger partial charge in [-0.3, -0.25) is 0 Å². The molecule has 0 saturated carbocycles. The maximum absolute atomic E-state index is 5.59. The molecule has 0 fully saturated rings. The van der Waals surface area contributed by atoms with Gasteiger partial charge in [-0.15, -0.1) is 34.0 Å². The van der Waals surface area contributed by atoms with Crippen LogP contribution < -0.4 is 0 Å². The van der Waals surface area contributed by atoms with Crippen molar-refractivity contribution >= 4 is 34.0 Å². The molecule has 0 aliphatic carbocycles. The first-order valence-corrected chi connectivity index (χ1v) is 26.2. The van der Waals surface area contributed by atoms with Crippen molar-refractivity contribution in [3.63, 3.8) is 0 Å². The van der Waals surface area contributed by atoms with Gasteiger partial charge in [-0.05, 0) is 220 Å². The molecule has 0 bridgehead atoms. The summed E-state index contributed by atoms with van der Waals surface area (Å²) in [6, 6.07) is 45.7. The average molecular weight is 952 g/mol. The molecule has 0 aliphatic rings. The fourth-order valence-electron chi connectivity index (χ4n) is 10.5. The maximum Gasteiger partial charge on any atom is 0.164 e. The van der Waals surface area contributed by atoms with E-state index in [1.807, 2.05) is 34.0 Å². The third-order valence-corrected chi connectivity index (χ3v) is 18.4. The van der Waals surface area contributed by atoms with Gasteiger partial charge in [0.05, 0.1) is 0 Å². The summed E-state index contributed by atoms with van der Waals surface area (Å²) in [6.45, 7) is 27.1. The topological polar surface area (TPSA) is 38.7 Å². The molecule has 0 radical (unpaired) electrons. The third-order valence-electron chi connectivity index (χ3n) is 14.9. The van der Waals surface area contributed by atoms with E-state index in [2.05, 4.69) is 210 Å². The molecule has 10 rings (SSSR count). The zero-order chi connectivity index (χ0) is 48.4. The summed E-state index contributed by atoms with van der Waals surface area (Å²) in [4.78, 5) is 24.4. The quantitative estimate of drug-likeness (QED) is 0.145. The van der Waals surface area contributed by atoms with Crippen molar-refractivity contribution in [2.24, 2.45) is 0 Å². The highest BCUT2D eigenvalue weighted by molar-refractivity contribution is 7.19. The van der Waals surface area contributed by atoms with Crippen molar-refractivity contribution in [1.82, 2.24) is 15.0 Å². The summed E-state index contributed by atoms with van der Waals surface area (Å²) in [5, 5.41) is 0. The molecule has 0 amide bonds. The van der Waals surface area contributed by atoms with Crippen LogP contribution in [0.3, 0.4) is 0 Å². The number of hydrogen-bond donors (Lipinski definition) is 0. The molecule has 69 heavy (non-hydrogen) atoms. The van der Waals surface area contributed by atoms with Gasteiger partial charge in [0, 0.05) is 46.0 Å². The van der Waals surface area contributed by atoms with Crippen molar-refractivity contribution in [3.8, 4) is 96.8 Å². The van der Waals surface area contributed by atoms with Crippen LogP contribution in [0.2, 0.25) is 0 Å². The summed E-state index contributed by atoms with van der Waals surface area (Å²) in [5.41, 5.74) is 25.5. The molecule has 6 heteroatoms. The Balaban J connectivity index is 1.17. The Kier molecular flexibility index (Phi) is 12.3. The summed E-state index contributed by atoms with van der Waals surface area (Å²) < 4.78 is 0. The standard InChI is InChI=1S/C63H57N3S3/c1-34-40(7)58(41(8)35(2)55(34)52-31-28-49(67-52)46-22-16-13-17-23-46)61-64-62(59-42(9)36(3)56(37(4)43(59)10)53-32-29-50(68-53)47-24-18-14-19-25-47)66-63(65-61)60-44(11)38(5)57(39(6)45(60)12)54-33-30-51(69-54)48-26-20-15-21-27-48/h13-33H,1-12H3. The van der Waals surface area contributed by atoms with Crippen LogP contribution in [0.25, 0.3) is 96.8 Å².